The number of likely N-dealkylation sites (N-methyl/N-ethyl adjacent to an activating group) is 1. The van der Waals surface area contributed by atoms with Gasteiger partial charge in [0.2, 0.25) is 0 Å². The predicted octanol–water partition coefficient (Wildman–Crippen LogP) is 3.32. The SMILES string of the molecule is CN(C)C(CNCC(=O)c1cccc([N+](=O)[O-])c1)c1ccccc1Cl. The van der Waals surface area contributed by atoms with Crippen LogP contribution in [-0.4, -0.2) is 42.8 Å². The molecule has 1 atom stereocenters. The lowest BCUT2D eigenvalue weighted by Crippen LogP contribution is -2.34. The first-order chi connectivity index (χ1) is 11.9. The lowest BCUT2D eigenvalue weighted by Gasteiger charge is -2.26. The molecule has 0 bridgehead atoms. The van der Waals surface area contributed by atoms with Crippen LogP contribution < -0.4 is 5.32 Å². The molecule has 0 spiro atoms. The predicted molar refractivity (Wildman–Crippen MR) is 98.2 cm³/mol. The zero-order valence-electron chi connectivity index (χ0n) is 14.1. The highest BCUT2D eigenvalue weighted by Gasteiger charge is 2.17. The van der Waals surface area contributed by atoms with Gasteiger partial charge in [0.05, 0.1) is 11.5 Å². The Bertz CT molecular complexity index is 765. The Labute approximate surface area is 151 Å². The van der Waals surface area contributed by atoms with Crippen LogP contribution >= 0.6 is 11.6 Å². The summed E-state index contributed by atoms with van der Waals surface area (Å²) in [6, 6.07) is 13.3. The third-order valence-electron chi connectivity index (χ3n) is 3.89. The molecule has 0 heterocycles. The van der Waals surface area contributed by atoms with Gasteiger partial charge in [-0.25, -0.2) is 0 Å². The summed E-state index contributed by atoms with van der Waals surface area (Å²) in [5.41, 5.74) is 1.21. The molecule has 1 N–H and O–H groups in total. The summed E-state index contributed by atoms with van der Waals surface area (Å²) < 4.78 is 0. The molecular weight excluding hydrogens is 342 g/mol. The summed E-state index contributed by atoms with van der Waals surface area (Å²) in [6.07, 6.45) is 0. The van der Waals surface area contributed by atoms with Gasteiger partial charge in [-0.15, -0.1) is 0 Å². The van der Waals surface area contributed by atoms with Crippen molar-refractivity contribution in [1.29, 1.82) is 0 Å². The van der Waals surface area contributed by atoms with Gasteiger partial charge in [0.1, 0.15) is 0 Å². The fraction of sp³-hybridized carbons (Fsp3) is 0.278. The van der Waals surface area contributed by atoms with E-state index in [9.17, 15) is 14.9 Å². The molecule has 0 saturated heterocycles. The van der Waals surface area contributed by atoms with Crippen molar-refractivity contribution in [3.05, 3.63) is 74.8 Å². The fourth-order valence-electron chi connectivity index (χ4n) is 2.53. The summed E-state index contributed by atoms with van der Waals surface area (Å²) in [7, 11) is 3.89. The van der Waals surface area contributed by atoms with E-state index in [-0.39, 0.29) is 24.1 Å². The minimum absolute atomic E-state index is 0.00612. The largest absolute Gasteiger partial charge is 0.308 e. The monoisotopic (exact) mass is 361 g/mol. The standard InChI is InChI=1S/C18H20ClN3O3/c1-21(2)17(15-8-3-4-9-16(15)19)11-20-12-18(23)13-6-5-7-14(10-13)22(24)25/h3-10,17,20H,11-12H2,1-2H3. The number of Topliss-reactive ketones (excluding diaryl/α,β-unsaturated/α-hetero) is 1. The zero-order chi connectivity index (χ0) is 18.4. The molecule has 6 nitrogen and oxygen atoms in total. The number of carbonyl (C=O) groups excluding carboxylic acids is 1. The first kappa shape index (κ1) is 19.1. The van der Waals surface area contributed by atoms with Crippen LogP contribution in [0.1, 0.15) is 22.0 Å². The fourth-order valence-corrected chi connectivity index (χ4v) is 2.80. The van der Waals surface area contributed by atoms with Crippen molar-refractivity contribution in [2.45, 2.75) is 6.04 Å². The Morgan fingerprint density at radius 3 is 2.60 bits per heavy atom. The molecule has 2 aromatic rings. The van der Waals surface area contributed by atoms with Gasteiger partial charge in [-0.3, -0.25) is 14.9 Å². The smallest absolute Gasteiger partial charge is 0.270 e. The molecule has 0 radical (unpaired) electrons. The lowest BCUT2D eigenvalue weighted by atomic mass is 10.1. The molecule has 0 amide bonds. The number of ketones is 1. The molecule has 0 aliphatic carbocycles. The van der Waals surface area contributed by atoms with Crippen LogP contribution in [0.15, 0.2) is 48.5 Å². The van der Waals surface area contributed by atoms with Crippen LogP contribution in [0.25, 0.3) is 0 Å². The van der Waals surface area contributed by atoms with E-state index in [0.717, 1.165) is 5.56 Å². The van der Waals surface area contributed by atoms with E-state index in [4.69, 9.17) is 11.6 Å². The first-order valence-corrected chi connectivity index (χ1v) is 8.17. The second-order valence-corrected chi connectivity index (χ2v) is 6.27. The third kappa shape index (κ3) is 5.09. The van der Waals surface area contributed by atoms with Crippen LogP contribution in [0.4, 0.5) is 5.69 Å². The van der Waals surface area contributed by atoms with Crippen LogP contribution in [-0.2, 0) is 0 Å². The minimum Gasteiger partial charge on any atom is -0.308 e. The van der Waals surface area contributed by atoms with Gasteiger partial charge in [0.15, 0.2) is 5.78 Å². The quantitative estimate of drug-likeness (QED) is 0.443. The van der Waals surface area contributed by atoms with E-state index in [0.29, 0.717) is 17.1 Å². The molecule has 2 rings (SSSR count). The van der Waals surface area contributed by atoms with E-state index in [1.807, 2.05) is 43.3 Å². The Kier molecular flexibility index (Phi) is 6.64. The van der Waals surface area contributed by atoms with Crippen molar-refractivity contribution in [1.82, 2.24) is 10.2 Å². The number of rotatable bonds is 8. The molecule has 132 valence electrons. The Hall–Kier alpha value is -2.28. The summed E-state index contributed by atoms with van der Waals surface area (Å²) >= 11 is 6.26. The molecular formula is C18H20ClN3O3. The number of nitrogens with zero attached hydrogens (tertiary/aromatic N) is 2. The summed E-state index contributed by atoms with van der Waals surface area (Å²) in [5.74, 6) is -0.194. The highest BCUT2D eigenvalue weighted by atomic mass is 35.5. The Balaban J connectivity index is 2.00. The van der Waals surface area contributed by atoms with Crippen molar-refractivity contribution in [3.63, 3.8) is 0 Å². The average molecular weight is 362 g/mol. The average Bonchev–Trinajstić information content (AvgIpc) is 2.59. The van der Waals surface area contributed by atoms with Gasteiger partial charge >= 0.3 is 0 Å². The van der Waals surface area contributed by atoms with Crippen molar-refractivity contribution in [2.75, 3.05) is 27.2 Å². The van der Waals surface area contributed by atoms with Gasteiger partial charge in [-0.2, -0.15) is 0 Å². The number of benzene rings is 2. The molecule has 7 heteroatoms. The number of hydrogen-bond acceptors (Lipinski definition) is 5. The second-order valence-electron chi connectivity index (χ2n) is 5.86. The maximum atomic E-state index is 12.2. The Morgan fingerprint density at radius 1 is 1.24 bits per heavy atom. The van der Waals surface area contributed by atoms with Gasteiger partial charge < -0.3 is 10.2 Å². The van der Waals surface area contributed by atoms with E-state index in [1.54, 1.807) is 6.07 Å². The summed E-state index contributed by atoms with van der Waals surface area (Å²) in [6.45, 7) is 0.618. The molecule has 25 heavy (non-hydrogen) atoms. The molecule has 2 aromatic carbocycles. The number of nitro benzene ring substituents is 1. The van der Waals surface area contributed by atoms with Crippen LogP contribution in [0, 0.1) is 10.1 Å². The summed E-state index contributed by atoms with van der Waals surface area (Å²) in [5, 5.41) is 14.6. The Morgan fingerprint density at radius 2 is 1.96 bits per heavy atom. The number of nitrogens with one attached hydrogen (secondary N) is 1. The van der Waals surface area contributed by atoms with E-state index < -0.39 is 4.92 Å². The van der Waals surface area contributed by atoms with Gasteiger partial charge in [0, 0.05) is 35.3 Å². The molecule has 0 fully saturated rings. The third-order valence-corrected chi connectivity index (χ3v) is 4.23. The van der Waals surface area contributed by atoms with Crippen molar-refractivity contribution in [2.24, 2.45) is 0 Å². The van der Waals surface area contributed by atoms with Crippen molar-refractivity contribution < 1.29 is 9.72 Å². The second kappa shape index (κ2) is 8.71. The number of non-ortho nitro benzene ring substituents is 1. The van der Waals surface area contributed by atoms with Crippen molar-refractivity contribution in [3.8, 4) is 0 Å². The van der Waals surface area contributed by atoms with Crippen LogP contribution in [0.3, 0.4) is 0 Å². The molecule has 0 aromatic heterocycles. The molecule has 0 aliphatic rings. The maximum Gasteiger partial charge on any atom is 0.270 e. The molecule has 0 aliphatic heterocycles. The number of halogens is 1. The topological polar surface area (TPSA) is 75.5 Å². The number of hydrogen-bond donors (Lipinski definition) is 1. The minimum atomic E-state index is -0.510. The van der Waals surface area contributed by atoms with Crippen LogP contribution in [0.2, 0.25) is 5.02 Å². The highest BCUT2D eigenvalue weighted by Crippen LogP contribution is 2.25. The summed E-state index contributed by atoms with van der Waals surface area (Å²) in [4.78, 5) is 24.6. The van der Waals surface area contributed by atoms with Crippen LogP contribution in [0.5, 0.6) is 0 Å². The number of nitro groups is 1. The van der Waals surface area contributed by atoms with E-state index in [1.165, 1.54) is 18.2 Å². The van der Waals surface area contributed by atoms with E-state index >= 15 is 0 Å². The maximum absolute atomic E-state index is 12.2. The van der Waals surface area contributed by atoms with Gasteiger partial charge in [-0.1, -0.05) is 41.9 Å². The van der Waals surface area contributed by atoms with Crippen molar-refractivity contribution >= 4 is 23.1 Å². The first-order valence-electron chi connectivity index (χ1n) is 7.79. The number of carbonyl (C=O) groups is 1. The highest BCUT2D eigenvalue weighted by molar-refractivity contribution is 6.31. The van der Waals surface area contributed by atoms with Gasteiger partial charge in [0.25, 0.3) is 5.69 Å². The van der Waals surface area contributed by atoms with Gasteiger partial charge in [-0.05, 0) is 25.7 Å². The molecule has 0 saturated carbocycles. The normalized spacial score (nSPS) is 12.2. The molecule has 1 unspecified atom stereocenters. The lowest BCUT2D eigenvalue weighted by molar-refractivity contribution is -0.384. The zero-order valence-corrected chi connectivity index (χ0v) is 14.9. The van der Waals surface area contributed by atoms with E-state index in [2.05, 4.69) is 5.32 Å².